The maximum Gasteiger partial charge on any atom is 0.0847 e. The van der Waals surface area contributed by atoms with Gasteiger partial charge in [0.05, 0.1) is 16.4 Å². The monoisotopic (exact) mass is 269 g/mol. The number of rotatable bonds is 6. The molecule has 0 aliphatic heterocycles. The Hall–Kier alpha value is -0.540. The van der Waals surface area contributed by atoms with Gasteiger partial charge in [-0.1, -0.05) is 25.4 Å². The molecule has 0 radical (unpaired) electrons. The zero-order valence-electron chi connectivity index (χ0n) is 11.9. The van der Waals surface area contributed by atoms with Crippen LogP contribution in [0, 0.1) is 12.3 Å². The van der Waals surface area contributed by atoms with Crippen LogP contribution in [0.3, 0.4) is 0 Å². The summed E-state index contributed by atoms with van der Waals surface area (Å²) in [6.45, 7) is 10.6. The molecule has 2 rings (SSSR count). The lowest BCUT2D eigenvalue weighted by molar-refractivity contribution is 0.327. The molecule has 0 amide bonds. The average Bonchev–Trinajstić information content (AvgIpc) is 3.10. The molecule has 0 atom stereocenters. The molecule has 0 aromatic carbocycles. The summed E-state index contributed by atoms with van der Waals surface area (Å²) < 4.78 is 2.04. The topological polar surface area (TPSA) is 29.9 Å². The van der Waals surface area contributed by atoms with E-state index in [1.165, 1.54) is 18.5 Å². The maximum atomic E-state index is 6.37. The summed E-state index contributed by atoms with van der Waals surface area (Å²) in [5.74, 6) is 0. The van der Waals surface area contributed by atoms with E-state index in [1.807, 2.05) is 11.6 Å². The van der Waals surface area contributed by atoms with Crippen LogP contribution in [0.5, 0.6) is 0 Å². The van der Waals surface area contributed by atoms with E-state index < -0.39 is 0 Å². The second-order valence-electron chi connectivity index (χ2n) is 6.16. The number of hydrogen-bond acceptors (Lipinski definition) is 2. The normalized spacial score (nSPS) is 16.3. The first kappa shape index (κ1) is 13.9. The van der Waals surface area contributed by atoms with E-state index in [9.17, 15) is 0 Å². The van der Waals surface area contributed by atoms with Crippen LogP contribution in [0.25, 0.3) is 0 Å². The predicted molar refractivity (Wildman–Crippen MR) is 76.2 cm³/mol. The fourth-order valence-corrected chi connectivity index (χ4v) is 2.46. The molecule has 1 fully saturated rings. The smallest absolute Gasteiger partial charge is 0.0847 e. The molecule has 0 spiro atoms. The molecule has 1 saturated carbocycles. The minimum absolute atomic E-state index is 0.214. The van der Waals surface area contributed by atoms with Gasteiger partial charge in [-0.15, -0.1) is 0 Å². The van der Waals surface area contributed by atoms with E-state index in [0.717, 1.165) is 36.3 Å². The Morgan fingerprint density at radius 2 is 2.11 bits per heavy atom. The first-order chi connectivity index (χ1) is 8.43. The molecule has 102 valence electrons. The standard InChI is InChI=1S/C14H24ClN3/c1-5-18-12(13(15)10(2)17-18)8-14(3,4)9-16-11-6-7-11/h11,16H,5-9H2,1-4H3. The Bertz CT molecular complexity index is 419. The van der Waals surface area contributed by atoms with Gasteiger partial charge < -0.3 is 5.32 Å². The number of aryl methyl sites for hydroxylation is 2. The van der Waals surface area contributed by atoms with Crippen molar-refractivity contribution in [3.05, 3.63) is 16.4 Å². The fourth-order valence-electron chi connectivity index (χ4n) is 2.26. The molecule has 0 unspecified atom stereocenters. The van der Waals surface area contributed by atoms with E-state index in [0.29, 0.717) is 0 Å². The Balaban J connectivity index is 2.06. The molecule has 1 aromatic rings. The van der Waals surface area contributed by atoms with Crippen molar-refractivity contribution in [2.45, 2.75) is 59.5 Å². The lowest BCUT2D eigenvalue weighted by Gasteiger charge is -2.25. The summed E-state index contributed by atoms with van der Waals surface area (Å²) in [6, 6.07) is 0.762. The van der Waals surface area contributed by atoms with Gasteiger partial charge in [0.1, 0.15) is 0 Å². The highest BCUT2D eigenvalue weighted by molar-refractivity contribution is 6.31. The van der Waals surface area contributed by atoms with Crippen LogP contribution in [-0.4, -0.2) is 22.4 Å². The van der Waals surface area contributed by atoms with Crippen LogP contribution in [0.2, 0.25) is 5.02 Å². The fraction of sp³-hybridized carbons (Fsp3) is 0.786. The second-order valence-corrected chi connectivity index (χ2v) is 6.54. The van der Waals surface area contributed by atoms with Crippen molar-refractivity contribution >= 4 is 11.6 Å². The summed E-state index contributed by atoms with van der Waals surface area (Å²) in [5, 5.41) is 8.94. The first-order valence-corrected chi connectivity index (χ1v) is 7.26. The van der Waals surface area contributed by atoms with Gasteiger partial charge in [0.2, 0.25) is 0 Å². The van der Waals surface area contributed by atoms with Gasteiger partial charge >= 0.3 is 0 Å². The lowest BCUT2D eigenvalue weighted by Crippen LogP contribution is -2.33. The van der Waals surface area contributed by atoms with Crippen molar-refractivity contribution < 1.29 is 0 Å². The molecule has 0 bridgehead atoms. The second kappa shape index (κ2) is 5.22. The van der Waals surface area contributed by atoms with Gasteiger partial charge in [-0.25, -0.2) is 0 Å². The Kier molecular flexibility index (Phi) is 4.02. The zero-order chi connectivity index (χ0) is 13.3. The van der Waals surface area contributed by atoms with Gasteiger partial charge in [-0.3, -0.25) is 4.68 Å². The van der Waals surface area contributed by atoms with E-state index in [4.69, 9.17) is 11.6 Å². The number of halogens is 1. The third kappa shape index (κ3) is 3.27. The van der Waals surface area contributed by atoms with Gasteiger partial charge in [-0.2, -0.15) is 5.10 Å². The van der Waals surface area contributed by atoms with Gasteiger partial charge in [-0.05, 0) is 38.5 Å². The number of hydrogen-bond donors (Lipinski definition) is 1. The highest BCUT2D eigenvalue weighted by Crippen LogP contribution is 2.29. The van der Waals surface area contributed by atoms with E-state index >= 15 is 0 Å². The predicted octanol–water partition coefficient (Wildman–Crippen LogP) is 3.19. The lowest BCUT2D eigenvalue weighted by atomic mass is 9.87. The third-order valence-corrected chi connectivity index (χ3v) is 4.04. The number of aromatic nitrogens is 2. The quantitative estimate of drug-likeness (QED) is 0.860. The van der Waals surface area contributed by atoms with Crippen molar-refractivity contribution in [1.29, 1.82) is 0 Å². The maximum absolute atomic E-state index is 6.37. The molecule has 1 aromatic heterocycles. The zero-order valence-corrected chi connectivity index (χ0v) is 12.6. The molecule has 4 heteroatoms. The summed E-state index contributed by atoms with van der Waals surface area (Å²) in [4.78, 5) is 0. The van der Waals surface area contributed by atoms with Crippen molar-refractivity contribution in [3.63, 3.8) is 0 Å². The molecular formula is C14H24ClN3. The molecule has 3 nitrogen and oxygen atoms in total. The minimum Gasteiger partial charge on any atom is -0.313 e. The van der Waals surface area contributed by atoms with Gasteiger partial charge in [0.15, 0.2) is 0 Å². The van der Waals surface area contributed by atoms with Crippen LogP contribution in [0.1, 0.15) is 45.0 Å². The molecule has 1 N–H and O–H groups in total. The van der Waals surface area contributed by atoms with Gasteiger partial charge in [0, 0.05) is 19.1 Å². The van der Waals surface area contributed by atoms with E-state index in [2.05, 4.69) is 31.2 Å². The Morgan fingerprint density at radius 1 is 1.44 bits per heavy atom. The van der Waals surface area contributed by atoms with E-state index in [1.54, 1.807) is 0 Å². The Labute approximate surface area is 115 Å². The van der Waals surface area contributed by atoms with Crippen LogP contribution in [-0.2, 0) is 13.0 Å². The highest BCUT2D eigenvalue weighted by Gasteiger charge is 2.27. The number of nitrogens with zero attached hydrogens (tertiary/aromatic N) is 2. The molecular weight excluding hydrogens is 246 g/mol. The molecule has 1 heterocycles. The van der Waals surface area contributed by atoms with Crippen molar-refractivity contribution in [2.75, 3.05) is 6.54 Å². The molecule has 0 saturated heterocycles. The summed E-state index contributed by atoms with van der Waals surface area (Å²) in [5.41, 5.74) is 2.34. The number of nitrogens with one attached hydrogen (secondary N) is 1. The van der Waals surface area contributed by atoms with Crippen LogP contribution in [0.15, 0.2) is 0 Å². The molecule has 18 heavy (non-hydrogen) atoms. The van der Waals surface area contributed by atoms with Crippen molar-refractivity contribution in [2.24, 2.45) is 5.41 Å². The van der Waals surface area contributed by atoms with E-state index in [-0.39, 0.29) is 5.41 Å². The SMILES string of the molecule is CCn1nc(C)c(Cl)c1CC(C)(C)CNC1CC1. The van der Waals surface area contributed by atoms with Crippen LogP contribution in [0.4, 0.5) is 0 Å². The van der Waals surface area contributed by atoms with Gasteiger partial charge in [0.25, 0.3) is 0 Å². The molecule has 1 aliphatic rings. The third-order valence-electron chi connectivity index (χ3n) is 3.55. The summed E-state index contributed by atoms with van der Waals surface area (Å²) in [6.07, 6.45) is 3.64. The van der Waals surface area contributed by atoms with Crippen molar-refractivity contribution in [1.82, 2.24) is 15.1 Å². The van der Waals surface area contributed by atoms with Crippen LogP contribution < -0.4 is 5.32 Å². The first-order valence-electron chi connectivity index (χ1n) is 6.88. The minimum atomic E-state index is 0.214. The summed E-state index contributed by atoms with van der Waals surface area (Å²) in [7, 11) is 0. The highest BCUT2D eigenvalue weighted by atomic mass is 35.5. The molecule has 1 aliphatic carbocycles. The Morgan fingerprint density at radius 3 is 2.67 bits per heavy atom. The summed E-state index contributed by atoms with van der Waals surface area (Å²) >= 11 is 6.37. The largest absolute Gasteiger partial charge is 0.313 e. The van der Waals surface area contributed by atoms with Crippen molar-refractivity contribution in [3.8, 4) is 0 Å². The average molecular weight is 270 g/mol. The van der Waals surface area contributed by atoms with Crippen LogP contribution >= 0.6 is 11.6 Å².